The zero-order valence-electron chi connectivity index (χ0n) is 7.93. The van der Waals surface area contributed by atoms with Gasteiger partial charge < -0.3 is 32.1 Å². The number of nitrogens with two attached hydrogens (primary N) is 2. The second-order valence-electron chi connectivity index (χ2n) is 1.77. The Morgan fingerprint density at radius 3 is 1.64 bits per heavy atom. The molecule has 1 amide bonds. The van der Waals surface area contributed by atoms with Crippen LogP contribution in [0.25, 0.3) is 0 Å². The zero-order chi connectivity index (χ0) is 12.0. The molecule has 0 aliphatic heterocycles. The molecule has 8 heteroatoms. The predicted octanol–water partition coefficient (Wildman–Crippen LogP) is -2.15. The average molecular weight is 211 g/mol. The van der Waals surface area contributed by atoms with E-state index in [1.54, 1.807) is 7.05 Å². The van der Waals surface area contributed by atoms with Crippen molar-refractivity contribution in [3.63, 3.8) is 0 Å². The van der Waals surface area contributed by atoms with Crippen LogP contribution in [0.4, 0.5) is 4.79 Å². The molecule has 0 rings (SSSR count). The first-order valence-corrected chi connectivity index (χ1v) is 3.58. The van der Waals surface area contributed by atoms with E-state index < -0.39 is 12.1 Å². The second kappa shape index (κ2) is 17.6. The topological polar surface area (TPSA) is 159 Å². The Balaban J connectivity index is -0.000000135. The number of aliphatic hydroxyl groups is 1. The van der Waals surface area contributed by atoms with E-state index in [9.17, 15) is 4.79 Å². The monoisotopic (exact) mass is 211 g/mol. The van der Waals surface area contributed by atoms with Crippen molar-refractivity contribution < 1.29 is 24.9 Å². The summed E-state index contributed by atoms with van der Waals surface area (Å²) in [5.74, 6) is -0.822. The van der Waals surface area contributed by atoms with E-state index in [1.165, 1.54) is 0 Å². The van der Waals surface area contributed by atoms with Gasteiger partial charge in [0.2, 0.25) is 0 Å². The Labute approximate surface area is 81.5 Å². The lowest BCUT2D eigenvalue weighted by molar-refractivity contribution is -0.135. The van der Waals surface area contributed by atoms with Crippen LogP contribution in [0.1, 0.15) is 0 Å². The highest BCUT2D eigenvalue weighted by atomic mass is 16.4. The number of likely N-dealkylation sites (N-methyl/N-ethyl adjacent to an activating group) is 1. The number of hydrogen-bond acceptors (Lipinski definition) is 5. The first-order valence-electron chi connectivity index (χ1n) is 3.58. The van der Waals surface area contributed by atoms with Crippen molar-refractivity contribution in [2.75, 3.05) is 26.7 Å². The molecule has 0 atom stereocenters. The molecule has 0 aromatic rings. The van der Waals surface area contributed by atoms with Crippen molar-refractivity contribution >= 4 is 12.1 Å². The van der Waals surface area contributed by atoms with Gasteiger partial charge in [0.05, 0.1) is 13.2 Å². The van der Waals surface area contributed by atoms with E-state index in [-0.39, 0.29) is 13.2 Å². The van der Waals surface area contributed by atoms with Crippen LogP contribution in [-0.2, 0) is 4.79 Å². The predicted molar refractivity (Wildman–Crippen MR) is 49.9 cm³/mol. The van der Waals surface area contributed by atoms with Crippen molar-refractivity contribution in [3.8, 4) is 0 Å². The van der Waals surface area contributed by atoms with E-state index >= 15 is 0 Å². The van der Waals surface area contributed by atoms with Gasteiger partial charge >= 0.3 is 12.1 Å². The lowest BCUT2D eigenvalue weighted by Gasteiger charge is -1.84. The first-order chi connectivity index (χ1) is 6.42. The number of carboxylic acid groups (broad SMARTS) is 2. The molecular weight excluding hydrogens is 194 g/mol. The standard InChI is InChI=1S/C3H7NO2.C2H7NO.CH3NO2/c1-4-2-3(5)6;3-1-2-4;2-1(3)4/h4H,2H2,1H3,(H,5,6);4H,1-3H2;2H2,(H,3,4). The minimum atomic E-state index is -1.33. The molecule has 0 saturated heterocycles. The van der Waals surface area contributed by atoms with E-state index in [1.807, 2.05) is 0 Å². The Morgan fingerprint density at radius 1 is 1.36 bits per heavy atom. The average Bonchev–Trinajstić information content (AvgIpc) is 2.03. The normalized spacial score (nSPS) is 7.36. The van der Waals surface area contributed by atoms with Gasteiger partial charge in [0.1, 0.15) is 0 Å². The fourth-order valence-electron chi connectivity index (χ4n) is 0.151. The van der Waals surface area contributed by atoms with Gasteiger partial charge in [-0.2, -0.15) is 0 Å². The van der Waals surface area contributed by atoms with Gasteiger partial charge in [-0.25, -0.2) is 4.79 Å². The summed E-state index contributed by atoms with van der Waals surface area (Å²) in [7, 11) is 1.59. The Morgan fingerprint density at radius 2 is 1.64 bits per heavy atom. The number of amides is 1. The van der Waals surface area contributed by atoms with Crippen LogP contribution in [0.3, 0.4) is 0 Å². The van der Waals surface area contributed by atoms with Crippen LogP contribution in [0.5, 0.6) is 0 Å². The molecular formula is C6H17N3O5. The molecule has 0 bridgehead atoms. The van der Waals surface area contributed by atoms with Crippen LogP contribution in [0, 0.1) is 0 Å². The number of rotatable bonds is 3. The molecule has 86 valence electrons. The maximum Gasteiger partial charge on any atom is 0.402 e. The third kappa shape index (κ3) is 143. The highest BCUT2D eigenvalue weighted by molar-refractivity contribution is 5.68. The Hall–Kier alpha value is -1.38. The van der Waals surface area contributed by atoms with Crippen LogP contribution in [0.2, 0.25) is 0 Å². The third-order valence-corrected chi connectivity index (χ3v) is 0.457. The van der Waals surface area contributed by atoms with Gasteiger partial charge in [-0.05, 0) is 7.05 Å². The van der Waals surface area contributed by atoms with Gasteiger partial charge in [0.15, 0.2) is 0 Å². The SMILES string of the molecule is CNCC(=O)O.NC(=O)O.NCCO. The molecule has 8 N–H and O–H groups in total. The molecule has 14 heavy (non-hydrogen) atoms. The smallest absolute Gasteiger partial charge is 0.402 e. The number of primary amides is 1. The zero-order valence-corrected chi connectivity index (χ0v) is 7.93. The Bertz CT molecular complexity index is 135. The van der Waals surface area contributed by atoms with Crippen molar-refractivity contribution in [2.45, 2.75) is 0 Å². The van der Waals surface area contributed by atoms with E-state index in [2.05, 4.69) is 11.1 Å². The second-order valence-corrected chi connectivity index (χ2v) is 1.77. The molecule has 0 aliphatic carbocycles. The Kier molecular flexibility index (Phi) is 23.2. The summed E-state index contributed by atoms with van der Waals surface area (Å²) in [4.78, 5) is 18.3. The summed E-state index contributed by atoms with van der Waals surface area (Å²) >= 11 is 0. The molecule has 8 nitrogen and oxygen atoms in total. The summed E-state index contributed by atoms with van der Waals surface area (Å²) in [6.07, 6.45) is -1.33. The van der Waals surface area contributed by atoms with Crippen LogP contribution < -0.4 is 16.8 Å². The number of aliphatic hydroxyl groups excluding tert-OH is 1. The van der Waals surface area contributed by atoms with Crippen molar-refractivity contribution in [2.24, 2.45) is 11.5 Å². The van der Waals surface area contributed by atoms with Crippen molar-refractivity contribution in [1.82, 2.24) is 5.32 Å². The number of hydrogen-bond donors (Lipinski definition) is 6. The van der Waals surface area contributed by atoms with E-state index in [0.717, 1.165) is 0 Å². The summed E-state index contributed by atoms with van der Waals surface area (Å²) in [5, 5.41) is 25.3. The number of carbonyl (C=O) groups is 2. The molecule has 0 heterocycles. The molecule has 0 aliphatic rings. The molecule has 0 fully saturated rings. The minimum Gasteiger partial charge on any atom is -0.480 e. The van der Waals surface area contributed by atoms with Gasteiger partial charge in [0.25, 0.3) is 0 Å². The minimum absolute atomic E-state index is 0.0417. The number of carboxylic acids is 1. The first kappa shape index (κ1) is 18.4. The maximum atomic E-state index is 9.54. The van der Waals surface area contributed by atoms with Gasteiger partial charge in [-0.1, -0.05) is 0 Å². The third-order valence-electron chi connectivity index (χ3n) is 0.457. The van der Waals surface area contributed by atoms with Crippen LogP contribution >= 0.6 is 0 Å². The summed E-state index contributed by atoms with van der Waals surface area (Å²) in [5.41, 5.74) is 8.81. The molecule has 0 unspecified atom stereocenters. The number of nitrogens with one attached hydrogen (secondary N) is 1. The fraction of sp³-hybridized carbons (Fsp3) is 0.667. The summed E-state index contributed by atoms with van der Waals surface area (Å²) in [6.45, 7) is 0.514. The summed E-state index contributed by atoms with van der Waals surface area (Å²) < 4.78 is 0. The largest absolute Gasteiger partial charge is 0.480 e. The van der Waals surface area contributed by atoms with Crippen LogP contribution in [-0.4, -0.2) is 54.1 Å². The van der Waals surface area contributed by atoms with Gasteiger partial charge in [0, 0.05) is 6.54 Å². The van der Waals surface area contributed by atoms with Gasteiger partial charge in [-0.3, -0.25) is 4.79 Å². The van der Waals surface area contributed by atoms with Crippen molar-refractivity contribution in [1.29, 1.82) is 0 Å². The van der Waals surface area contributed by atoms with E-state index in [0.29, 0.717) is 6.54 Å². The highest BCUT2D eigenvalue weighted by Crippen LogP contribution is 1.50. The molecule has 0 aromatic heterocycles. The van der Waals surface area contributed by atoms with Crippen LogP contribution in [0.15, 0.2) is 0 Å². The highest BCUT2D eigenvalue weighted by Gasteiger charge is 1.86. The molecule has 0 saturated carbocycles. The quantitative estimate of drug-likeness (QED) is 0.310. The number of aliphatic carboxylic acids is 1. The maximum absolute atomic E-state index is 9.54. The van der Waals surface area contributed by atoms with Gasteiger partial charge in [-0.15, -0.1) is 0 Å². The lowest BCUT2D eigenvalue weighted by atomic mass is 10.7. The molecule has 0 radical (unpaired) electrons. The summed E-state index contributed by atoms with van der Waals surface area (Å²) in [6, 6.07) is 0. The van der Waals surface area contributed by atoms with E-state index in [4.69, 9.17) is 25.8 Å². The fourth-order valence-corrected chi connectivity index (χ4v) is 0.151. The van der Waals surface area contributed by atoms with Crippen molar-refractivity contribution in [3.05, 3.63) is 0 Å². The lowest BCUT2D eigenvalue weighted by Crippen LogP contribution is -2.16. The molecule has 0 aromatic carbocycles. The molecule has 0 spiro atoms.